The van der Waals surface area contributed by atoms with Crippen molar-refractivity contribution in [2.24, 2.45) is 0 Å². The summed E-state index contributed by atoms with van der Waals surface area (Å²) in [5, 5.41) is 3.16. The van der Waals surface area contributed by atoms with Crippen LogP contribution < -0.4 is 10.2 Å². The maximum Gasteiger partial charge on any atom is 0.275 e. The Bertz CT molecular complexity index is 954. The molecule has 1 aliphatic rings. The molecule has 3 nitrogen and oxygen atoms in total. The predicted octanol–water partition coefficient (Wildman–Crippen LogP) is 4.91. The molecule has 0 saturated heterocycles. The van der Waals surface area contributed by atoms with E-state index in [0.29, 0.717) is 11.3 Å². The number of nitrogens with zero attached hydrogens (tertiary/aromatic N) is 1. The lowest BCUT2D eigenvalue weighted by molar-refractivity contribution is -0.114. The molecule has 1 atom stereocenters. The van der Waals surface area contributed by atoms with Crippen LogP contribution in [0.1, 0.15) is 11.6 Å². The zero-order valence-corrected chi connectivity index (χ0v) is 14.0. The van der Waals surface area contributed by atoms with Crippen LogP contribution in [0.3, 0.4) is 0 Å². The molecule has 26 heavy (non-hydrogen) atoms. The number of anilines is 2. The molecule has 3 aromatic rings. The van der Waals surface area contributed by atoms with Crippen molar-refractivity contribution in [3.8, 4) is 0 Å². The molecular formula is C22H17FN2O. The van der Waals surface area contributed by atoms with E-state index in [1.54, 1.807) is 29.2 Å². The first-order valence-corrected chi connectivity index (χ1v) is 8.41. The Labute approximate surface area is 151 Å². The zero-order chi connectivity index (χ0) is 17.9. The fourth-order valence-corrected chi connectivity index (χ4v) is 3.14. The molecule has 4 rings (SSSR count). The molecule has 128 valence electrons. The van der Waals surface area contributed by atoms with Crippen LogP contribution in [0.15, 0.2) is 96.7 Å². The first-order valence-electron chi connectivity index (χ1n) is 8.41. The highest BCUT2D eigenvalue weighted by molar-refractivity contribution is 6.11. The number of carbonyl (C=O) groups excluding carboxylic acids is 1. The molecule has 0 unspecified atom stereocenters. The standard InChI is InChI=1S/C22H17FN2O/c23-19-14-8-7-13-18(19)21-15-20(24-16-9-3-1-4-10-16)22(26)25(21)17-11-5-2-6-12-17/h1-15,21,24H/t21-/m0/s1. The Morgan fingerprint density at radius 1 is 0.808 bits per heavy atom. The van der Waals surface area contributed by atoms with E-state index >= 15 is 0 Å². The lowest BCUT2D eigenvalue weighted by atomic mass is 10.1. The monoisotopic (exact) mass is 344 g/mol. The minimum absolute atomic E-state index is 0.187. The fourth-order valence-electron chi connectivity index (χ4n) is 3.14. The second kappa shape index (κ2) is 6.84. The van der Waals surface area contributed by atoms with Crippen molar-refractivity contribution < 1.29 is 9.18 Å². The van der Waals surface area contributed by atoms with Crippen molar-refractivity contribution in [3.05, 3.63) is 108 Å². The lowest BCUT2D eigenvalue weighted by Gasteiger charge is -2.25. The van der Waals surface area contributed by atoms with Crippen molar-refractivity contribution in [2.75, 3.05) is 10.2 Å². The quantitative estimate of drug-likeness (QED) is 0.729. The summed E-state index contributed by atoms with van der Waals surface area (Å²) >= 11 is 0. The Morgan fingerprint density at radius 3 is 2.12 bits per heavy atom. The van der Waals surface area contributed by atoms with E-state index in [9.17, 15) is 9.18 Å². The smallest absolute Gasteiger partial charge is 0.275 e. The zero-order valence-electron chi connectivity index (χ0n) is 14.0. The highest BCUT2D eigenvalue weighted by Gasteiger charge is 2.35. The van der Waals surface area contributed by atoms with Gasteiger partial charge < -0.3 is 5.32 Å². The molecule has 1 heterocycles. The Balaban J connectivity index is 1.76. The van der Waals surface area contributed by atoms with Gasteiger partial charge in [0.05, 0.1) is 6.04 Å². The van der Waals surface area contributed by atoms with E-state index in [1.807, 2.05) is 60.7 Å². The van der Waals surface area contributed by atoms with Crippen molar-refractivity contribution >= 4 is 17.3 Å². The maximum absolute atomic E-state index is 14.4. The predicted molar refractivity (Wildman–Crippen MR) is 101 cm³/mol. The average Bonchev–Trinajstić information content (AvgIpc) is 3.00. The van der Waals surface area contributed by atoms with E-state index < -0.39 is 6.04 Å². The van der Waals surface area contributed by atoms with Gasteiger partial charge in [0.1, 0.15) is 11.5 Å². The molecule has 0 aliphatic carbocycles. The molecule has 0 fully saturated rings. The average molecular weight is 344 g/mol. The van der Waals surface area contributed by atoms with Crippen molar-refractivity contribution in [1.82, 2.24) is 0 Å². The van der Waals surface area contributed by atoms with E-state index in [4.69, 9.17) is 0 Å². The number of carbonyl (C=O) groups is 1. The van der Waals surface area contributed by atoms with Gasteiger partial charge in [-0.3, -0.25) is 9.69 Å². The third kappa shape index (κ3) is 2.97. The summed E-state index contributed by atoms with van der Waals surface area (Å²) in [7, 11) is 0. The molecule has 4 heteroatoms. The van der Waals surface area contributed by atoms with Crippen LogP contribution in [0, 0.1) is 5.82 Å². The summed E-state index contributed by atoms with van der Waals surface area (Å²) in [6, 6.07) is 24.8. The lowest BCUT2D eigenvalue weighted by Crippen LogP contribution is -2.31. The van der Waals surface area contributed by atoms with Crippen LogP contribution in [0.4, 0.5) is 15.8 Å². The van der Waals surface area contributed by atoms with E-state index in [-0.39, 0.29) is 11.7 Å². The van der Waals surface area contributed by atoms with E-state index in [0.717, 1.165) is 11.4 Å². The van der Waals surface area contributed by atoms with Gasteiger partial charge in [0, 0.05) is 16.9 Å². The third-order valence-electron chi connectivity index (χ3n) is 4.36. The van der Waals surface area contributed by atoms with Crippen LogP contribution in [0.2, 0.25) is 0 Å². The van der Waals surface area contributed by atoms with Crippen molar-refractivity contribution in [3.63, 3.8) is 0 Å². The second-order valence-corrected chi connectivity index (χ2v) is 6.05. The summed E-state index contributed by atoms with van der Waals surface area (Å²) in [6.45, 7) is 0. The van der Waals surface area contributed by atoms with Crippen molar-refractivity contribution in [1.29, 1.82) is 0 Å². The van der Waals surface area contributed by atoms with Crippen LogP contribution in [-0.2, 0) is 4.79 Å². The summed E-state index contributed by atoms with van der Waals surface area (Å²) in [5.41, 5.74) is 2.45. The van der Waals surface area contributed by atoms with Crippen LogP contribution in [-0.4, -0.2) is 5.91 Å². The SMILES string of the molecule is O=C1C(Nc2ccccc2)=C[C@@H](c2ccccc2F)N1c1ccccc1. The van der Waals surface area contributed by atoms with E-state index in [1.165, 1.54) is 6.07 Å². The number of hydrogen-bond acceptors (Lipinski definition) is 2. The molecule has 0 radical (unpaired) electrons. The molecule has 3 aromatic carbocycles. The van der Waals surface area contributed by atoms with Gasteiger partial charge in [0.25, 0.3) is 5.91 Å². The molecule has 0 aromatic heterocycles. The van der Waals surface area contributed by atoms with Gasteiger partial charge in [-0.1, -0.05) is 54.6 Å². The largest absolute Gasteiger partial charge is 0.351 e. The number of benzene rings is 3. The number of nitrogens with one attached hydrogen (secondary N) is 1. The summed E-state index contributed by atoms with van der Waals surface area (Å²) < 4.78 is 14.4. The Morgan fingerprint density at radius 2 is 1.42 bits per heavy atom. The number of rotatable bonds is 4. The van der Waals surface area contributed by atoms with Gasteiger partial charge in [-0.05, 0) is 36.4 Å². The number of para-hydroxylation sites is 2. The minimum atomic E-state index is -0.502. The highest BCUT2D eigenvalue weighted by atomic mass is 19.1. The third-order valence-corrected chi connectivity index (χ3v) is 4.36. The molecular weight excluding hydrogens is 327 g/mol. The van der Waals surface area contributed by atoms with Crippen LogP contribution >= 0.6 is 0 Å². The van der Waals surface area contributed by atoms with Gasteiger partial charge in [-0.25, -0.2) is 4.39 Å². The van der Waals surface area contributed by atoms with Crippen LogP contribution in [0.5, 0.6) is 0 Å². The summed E-state index contributed by atoms with van der Waals surface area (Å²) in [6.07, 6.45) is 1.78. The van der Waals surface area contributed by atoms with Gasteiger partial charge in [0.2, 0.25) is 0 Å². The molecule has 1 aliphatic heterocycles. The molecule has 1 N–H and O–H groups in total. The molecule has 0 spiro atoms. The summed E-state index contributed by atoms with van der Waals surface area (Å²) in [5.74, 6) is -0.517. The van der Waals surface area contributed by atoms with Gasteiger partial charge in [-0.2, -0.15) is 0 Å². The number of amides is 1. The Kier molecular flexibility index (Phi) is 4.23. The normalized spacial score (nSPS) is 16.5. The minimum Gasteiger partial charge on any atom is -0.351 e. The Hall–Kier alpha value is -3.40. The topological polar surface area (TPSA) is 32.3 Å². The van der Waals surface area contributed by atoms with Crippen LogP contribution in [0.25, 0.3) is 0 Å². The molecule has 1 amide bonds. The van der Waals surface area contributed by atoms with E-state index in [2.05, 4.69) is 5.32 Å². The van der Waals surface area contributed by atoms with Gasteiger partial charge in [-0.15, -0.1) is 0 Å². The molecule has 0 saturated carbocycles. The second-order valence-electron chi connectivity index (χ2n) is 6.05. The molecule has 0 bridgehead atoms. The van der Waals surface area contributed by atoms with Gasteiger partial charge in [0.15, 0.2) is 0 Å². The van der Waals surface area contributed by atoms with Crippen molar-refractivity contribution in [2.45, 2.75) is 6.04 Å². The first-order chi connectivity index (χ1) is 12.7. The number of halogens is 1. The number of hydrogen-bond donors (Lipinski definition) is 1. The fraction of sp³-hybridized carbons (Fsp3) is 0.0455. The summed E-state index contributed by atoms with van der Waals surface area (Å²) in [4.78, 5) is 14.7. The van der Waals surface area contributed by atoms with Gasteiger partial charge >= 0.3 is 0 Å². The first kappa shape index (κ1) is 16.1. The highest BCUT2D eigenvalue weighted by Crippen LogP contribution is 2.36. The maximum atomic E-state index is 14.4.